The maximum absolute atomic E-state index is 11.9. The highest BCUT2D eigenvalue weighted by Crippen LogP contribution is 2.21. The standard InChI is InChI=1S/C15H28N2O3/c1-14(2,3)11-20-13(18)16-12(15(4,5)6)17-7-9-19-10-8-17/h7-11H2,1-6H3/b16-12-. The molecule has 0 bridgehead atoms. The molecule has 1 heterocycles. The van der Waals surface area contributed by atoms with Gasteiger partial charge in [-0.2, -0.15) is 4.99 Å². The summed E-state index contributed by atoms with van der Waals surface area (Å²) in [6.45, 7) is 15.5. The fraction of sp³-hybridized carbons (Fsp3) is 0.867. The van der Waals surface area contributed by atoms with E-state index >= 15 is 0 Å². The van der Waals surface area contributed by atoms with Gasteiger partial charge in [0.25, 0.3) is 0 Å². The van der Waals surface area contributed by atoms with Crippen LogP contribution in [0.15, 0.2) is 4.99 Å². The predicted octanol–water partition coefficient (Wildman–Crippen LogP) is 2.95. The number of carbonyl (C=O) groups is 1. The van der Waals surface area contributed by atoms with Crippen LogP contribution in [0.2, 0.25) is 0 Å². The Balaban J connectivity index is 2.77. The number of hydrogen-bond donors (Lipinski definition) is 0. The Morgan fingerprint density at radius 1 is 1.15 bits per heavy atom. The Kier molecular flexibility index (Phi) is 5.57. The third kappa shape index (κ3) is 5.90. The molecule has 1 aliphatic heterocycles. The molecule has 0 aliphatic carbocycles. The van der Waals surface area contributed by atoms with Crippen molar-refractivity contribution in [3.8, 4) is 0 Å². The zero-order valence-corrected chi connectivity index (χ0v) is 13.7. The van der Waals surface area contributed by atoms with E-state index in [0.29, 0.717) is 19.8 Å². The first-order chi connectivity index (χ1) is 9.09. The third-order valence-electron chi connectivity index (χ3n) is 2.81. The number of nitrogens with zero attached hydrogens (tertiary/aromatic N) is 2. The molecular formula is C15H28N2O3. The molecule has 0 saturated carbocycles. The van der Waals surface area contributed by atoms with Crippen LogP contribution in [-0.4, -0.2) is 49.7 Å². The number of ether oxygens (including phenoxy) is 2. The topological polar surface area (TPSA) is 51.1 Å². The van der Waals surface area contributed by atoms with E-state index < -0.39 is 6.09 Å². The van der Waals surface area contributed by atoms with Crippen molar-refractivity contribution in [2.75, 3.05) is 32.9 Å². The fourth-order valence-corrected chi connectivity index (χ4v) is 1.88. The van der Waals surface area contributed by atoms with Gasteiger partial charge in [0, 0.05) is 18.5 Å². The summed E-state index contributed by atoms with van der Waals surface area (Å²) >= 11 is 0. The quantitative estimate of drug-likeness (QED) is 0.549. The van der Waals surface area contributed by atoms with Gasteiger partial charge in [-0.05, 0) is 5.41 Å². The molecule has 0 unspecified atom stereocenters. The van der Waals surface area contributed by atoms with Gasteiger partial charge in [0.2, 0.25) is 0 Å². The molecule has 1 aliphatic rings. The lowest BCUT2D eigenvalue weighted by molar-refractivity contribution is 0.0639. The van der Waals surface area contributed by atoms with Gasteiger partial charge in [-0.3, -0.25) is 0 Å². The molecule has 0 aromatic heterocycles. The second-order valence-electron chi connectivity index (χ2n) is 7.40. The largest absolute Gasteiger partial charge is 0.447 e. The lowest BCUT2D eigenvalue weighted by atomic mass is 9.93. The zero-order valence-electron chi connectivity index (χ0n) is 13.7. The molecule has 1 rings (SSSR count). The monoisotopic (exact) mass is 284 g/mol. The highest BCUT2D eigenvalue weighted by molar-refractivity contribution is 5.95. The SMILES string of the molecule is CC(C)(C)COC(=O)/N=C(\N1CCOCC1)C(C)(C)C. The minimum absolute atomic E-state index is 0.0496. The minimum Gasteiger partial charge on any atom is -0.447 e. The summed E-state index contributed by atoms with van der Waals surface area (Å²) in [5, 5.41) is 0. The lowest BCUT2D eigenvalue weighted by Gasteiger charge is -2.35. The molecule has 116 valence electrons. The lowest BCUT2D eigenvalue weighted by Crippen LogP contribution is -2.46. The van der Waals surface area contributed by atoms with Crippen LogP contribution < -0.4 is 0 Å². The number of morpholine rings is 1. The van der Waals surface area contributed by atoms with Crippen LogP contribution in [0, 0.1) is 10.8 Å². The Hall–Kier alpha value is -1.10. The van der Waals surface area contributed by atoms with Gasteiger partial charge >= 0.3 is 6.09 Å². The van der Waals surface area contributed by atoms with Gasteiger partial charge in [-0.15, -0.1) is 0 Å². The molecule has 1 saturated heterocycles. The molecular weight excluding hydrogens is 256 g/mol. The first-order valence-electron chi connectivity index (χ1n) is 7.18. The van der Waals surface area contributed by atoms with Crippen LogP contribution in [0.3, 0.4) is 0 Å². The van der Waals surface area contributed by atoms with E-state index in [-0.39, 0.29) is 10.8 Å². The van der Waals surface area contributed by atoms with Crippen molar-refractivity contribution >= 4 is 11.9 Å². The van der Waals surface area contributed by atoms with E-state index in [1.54, 1.807) is 0 Å². The molecule has 5 heteroatoms. The van der Waals surface area contributed by atoms with Gasteiger partial charge in [-0.1, -0.05) is 41.5 Å². The maximum Gasteiger partial charge on any atom is 0.435 e. The first-order valence-corrected chi connectivity index (χ1v) is 7.18. The Morgan fingerprint density at radius 3 is 2.15 bits per heavy atom. The van der Waals surface area contributed by atoms with Crippen molar-refractivity contribution in [2.45, 2.75) is 41.5 Å². The molecule has 5 nitrogen and oxygen atoms in total. The molecule has 0 N–H and O–H groups in total. The summed E-state index contributed by atoms with van der Waals surface area (Å²) in [4.78, 5) is 18.2. The van der Waals surface area contributed by atoms with Crippen LogP contribution in [-0.2, 0) is 9.47 Å². The highest BCUT2D eigenvalue weighted by atomic mass is 16.5. The molecule has 0 aromatic carbocycles. The van der Waals surface area contributed by atoms with Crippen LogP contribution >= 0.6 is 0 Å². The van der Waals surface area contributed by atoms with Crippen LogP contribution in [0.25, 0.3) is 0 Å². The van der Waals surface area contributed by atoms with Crippen LogP contribution in [0.1, 0.15) is 41.5 Å². The number of rotatable bonds is 1. The Labute approximate surface area is 122 Å². The van der Waals surface area contributed by atoms with Crippen molar-refractivity contribution in [3.63, 3.8) is 0 Å². The number of hydrogen-bond acceptors (Lipinski definition) is 3. The average Bonchev–Trinajstić information content (AvgIpc) is 2.32. The van der Waals surface area contributed by atoms with Crippen molar-refractivity contribution in [1.29, 1.82) is 0 Å². The molecule has 1 fully saturated rings. The van der Waals surface area contributed by atoms with E-state index in [4.69, 9.17) is 9.47 Å². The minimum atomic E-state index is -0.503. The van der Waals surface area contributed by atoms with Gasteiger partial charge in [-0.25, -0.2) is 4.79 Å². The van der Waals surface area contributed by atoms with Crippen LogP contribution in [0.4, 0.5) is 4.79 Å². The third-order valence-corrected chi connectivity index (χ3v) is 2.81. The molecule has 0 aromatic rings. The number of amidine groups is 1. The molecule has 20 heavy (non-hydrogen) atoms. The van der Waals surface area contributed by atoms with Crippen molar-refractivity contribution in [1.82, 2.24) is 4.90 Å². The van der Waals surface area contributed by atoms with Crippen molar-refractivity contribution < 1.29 is 14.3 Å². The zero-order chi connectivity index (χ0) is 15.4. The second kappa shape index (κ2) is 6.57. The van der Waals surface area contributed by atoms with E-state index in [1.807, 2.05) is 20.8 Å². The highest BCUT2D eigenvalue weighted by Gasteiger charge is 2.28. The predicted molar refractivity (Wildman–Crippen MR) is 80.1 cm³/mol. The van der Waals surface area contributed by atoms with E-state index in [0.717, 1.165) is 18.9 Å². The summed E-state index contributed by atoms with van der Waals surface area (Å²) in [5.41, 5.74) is -0.246. The number of amides is 1. The molecule has 1 amide bonds. The average molecular weight is 284 g/mol. The van der Waals surface area contributed by atoms with Gasteiger partial charge in [0.15, 0.2) is 0 Å². The second-order valence-corrected chi connectivity index (χ2v) is 7.40. The van der Waals surface area contributed by atoms with E-state index in [2.05, 4.69) is 30.7 Å². The Bertz CT molecular complexity index is 358. The summed E-state index contributed by atoms with van der Waals surface area (Å²) in [6.07, 6.45) is -0.503. The molecule has 0 radical (unpaired) electrons. The summed E-state index contributed by atoms with van der Waals surface area (Å²) < 4.78 is 10.6. The Morgan fingerprint density at radius 2 is 1.70 bits per heavy atom. The first kappa shape index (κ1) is 17.0. The van der Waals surface area contributed by atoms with Gasteiger partial charge in [0.05, 0.1) is 19.8 Å². The fourth-order valence-electron chi connectivity index (χ4n) is 1.88. The van der Waals surface area contributed by atoms with Crippen molar-refractivity contribution in [3.05, 3.63) is 0 Å². The van der Waals surface area contributed by atoms with E-state index in [1.165, 1.54) is 0 Å². The normalized spacial score (nSPS) is 18.1. The summed E-state index contributed by atoms with van der Waals surface area (Å²) in [5.74, 6) is 0.778. The smallest absolute Gasteiger partial charge is 0.435 e. The van der Waals surface area contributed by atoms with Gasteiger partial charge in [0.1, 0.15) is 5.84 Å². The number of aliphatic imine (C=N–C) groups is 1. The number of carbonyl (C=O) groups excluding carboxylic acids is 1. The summed E-state index contributed by atoms with van der Waals surface area (Å²) in [7, 11) is 0. The van der Waals surface area contributed by atoms with Crippen molar-refractivity contribution in [2.24, 2.45) is 15.8 Å². The molecule has 0 spiro atoms. The van der Waals surface area contributed by atoms with Gasteiger partial charge < -0.3 is 14.4 Å². The van der Waals surface area contributed by atoms with Crippen LogP contribution in [0.5, 0.6) is 0 Å². The molecule has 0 atom stereocenters. The maximum atomic E-state index is 11.9. The van der Waals surface area contributed by atoms with E-state index in [9.17, 15) is 4.79 Å². The summed E-state index contributed by atoms with van der Waals surface area (Å²) in [6, 6.07) is 0.